The number of carbonyl (C=O) groups is 1. The molecule has 1 aromatic heterocycles. The minimum atomic E-state index is -1.04. The fourth-order valence-electron chi connectivity index (χ4n) is 3.82. The maximum absolute atomic E-state index is 14.1. The van der Waals surface area contributed by atoms with Gasteiger partial charge >= 0.3 is 0 Å². The van der Waals surface area contributed by atoms with Crippen LogP contribution in [0.1, 0.15) is 35.7 Å². The lowest BCUT2D eigenvalue weighted by Crippen LogP contribution is -2.23. The third kappa shape index (κ3) is 4.75. The molecule has 3 aromatic rings. The van der Waals surface area contributed by atoms with Crippen molar-refractivity contribution in [1.29, 1.82) is 0 Å². The molecule has 4 nitrogen and oxygen atoms in total. The van der Waals surface area contributed by atoms with Gasteiger partial charge in [0.05, 0.1) is 18.7 Å². The molecule has 2 aromatic carbocycles. The molecular formula is C26H23FN2O2S. The van der Waals surface area contributed by atoms with Crippen LogP contribution in [0.15, 0.2) is 77.3 Å². The van der Waals surface area contributed by atoms with E-state index in [1.807, 2.05) is 55.5 Å². The number of fused-ring (bicyclic) bond motifs is 1. The minimum absolute atomic E-state index is 0.142. The van der Waals surface area contributed by atoms with Gasteiger partial charge in [-0.1, -0.05) is 24.3 Å². The number of benzene rings is 2. The molecule has 1 aliphatic rings. The van der Waals surface area contributed by atoms with Crippen molar-refractivity contribution in [2.75, 3.05) is 6.26 Å². The molecule has 1 atom stereocenters. The Bertz CT molecular complexity index is 1250. The molecule has 4 rings (SSSR count). The number of allylic oxidation sites excluding steroid dienone is 2. The average Bonchev–Trinajstić information content (AvgIpc) is 3.04. The van der Waals surface area contributed by atoms with Gasteiger partial charge in [-0.15, -0.1) is 0 Å². The van der Waals surface area contributed by atoms with E-state index in [4.69, 9.17) is 0 Å². The number of nitrogens with one attached hydrogen (secondary N) is 1. The van der Waals surface area contributed by atoms with Crippen LogP contribution in [0.5, 0.6) is 0 Å². The van der Waals surface area contributed by atoms with E-state index in [-0.39, 0.29) is 18.1 Å². The maximum Gasteiger partial charge on any atom is 0.224 e. The highest BCUT2D eigenvalue weighted by atomic mass is 32.2. The van der Waals surface area contributed by atoms with Crippen molar-refractivity contribution in [2.24, 2.45) is 0 Å². The average molecular weight is 447 g/mol. The first-order valence-corrected chi connectivity index (χ1v) is 11.8. The molecule has 162 valence electrons. The van der Waals surface area contributed by atoms with Crippen LogP contribution >= 0.6 is 0 Å². The highest BCUT2D eigenvalue weighted by Crippen LogP contribution is 2.43. The van der Waals surface area contributed by atoms with Crippen molar-refractivity contribution in [2.45, 2.75) is 24.8 Å². The number of amides is 1. The number of nitrogens with zero attached hydrogens (tertiary/aromatic N) is 1. The second-order valence-corrected chi connectivity index (χ2v) is 9.03. The zero-order valence-corrected chi connectivity index (χ0v) is 18.7. The van der Waals surface area contributed by atoms with Crippen LogP contribution in [0, 0.1) is 5.82 Å². The highest BCUT2D eigenvalue weighted by molar-refractivity contribution is 7.84. The van der Waals surface area contributed by atoms with E-state index in [0.29, 0.717) is 6.54 Å². The van der Waals surface area contributed by atoms with Gasteiger partial charge in [-0.2, -0.15) is 0 Å². The van der Waals surface area contributed by atoms with E-state index in [2.05, 4.69) is 10.3 Å². The number of hydrogen-bond donors (Lipinski definition) is 1. The van der Waals surface area contributed by atoms with Crippen LogP contribution in [-0.4, -0.2) is 21.4 Å². The molecule has 0 radical (unpaired) electrons. The molecule has 1 heterocycles. The van der Waals surface area contributed by atoms with Crippen molar-refractivity contribution in [3.8, 4) is 0 Å². The molecule has 0 fully saturated rings. The summed E-state index contributed by atoms with van der Waals surface area (Å²) < 4.78 is 25.7. The Morgan fingerprint density at radius 3 is 2.56 bits per heavy atom. The van der Waals surface area contributed by atoms with Crippen LogP contribution in [-0.2, 0) is 22.1 Å². The molecule has 0 spiro atoms. The molecule has 0 bridgehead atoms. The number of pyridine rings is 1. The Morgan fingerprint density at radius 1 is 1.09 bits per heavy atom. The van der Waals surface area contributed by atoms with Gasteiger partial charge in [-0.25, -0.2) is 4.39 Å². The Kier molecular flexibility index (Phi) is 6.42. The standard InChI is InChI=1S/C26H23FN2O2S/c1-17-23(13-18-6-9-21(10-7-18)32(2)31)22-11-8-19(27)14-25(22)24(17)15-26(30)29-16-20-5-3-4-12-28-20/h3-14H,15-16H2,1-2H3,(H,29,30)/b23-13-. The largest absolute Gasteiger partial charge is 0.350 e. The van der Waals surface area contributed by atoms with Gasteiger partial charge in [-0.05, 0) is 82.8 Å². The van der Waals surface area contributed by atoms with E-state index in [9.17, 15) is 13.4 Å². The van der Waals surface area contributed by atoms with Crippen molar-refractivity contribution in [1.82, 2.24) is 10.3 Å². The number of rotatable bonds is 6. The van der Waals surface area contributed by atoms with E-state index < -0.39 is 10.8 Å². The van der Waals surface area contributed by atoms with E-state index in [0.717, 1.165) is 44.0 Å². The normalized spacial score (nSPS) is 15.0. The molecule has 32 heavy (non-hydrogen) atoms. The minimum Gasteiger partial charge on any atom is -0.350 e. The van der Waals surface area contributed by atoms with Gasteiger partial charge < -0.3 is 5.32 Å². The van der Waals surface area contributed by atoms with Gasteiger partial charge in [0.1, 0.15) is 5.82 Å². The van der Waals surface area contributed by atoms with Gasteiger partial charge in [0.2, 0.25) is 5.91 Å². The summed E-state index contributed by atoms with van der Waals surface area (Å²) in [6.07, 6.45) is 5.51. The predicted octanol–water partition coefficient (Wildman–Crippen LogP) is 4.99. The summed E-state index contributed by atoms with van der Waals surface area (Å²) in [7, 11) is -1.04. The smallest absolute Gasteiger partial charge is 0.224 e. The molecular weight excluding hydrogens is 423 g/mol. The van der Waals surface area contributed by atoms with Crippen LogP contribution < -0.4 is 5.32 Å². The molecule has 0 saturated heterocycles. The molecule has 6 heteroatoms. The van der Waals surface area contributed by atoms with E-state index >= 15 is 0 Å². The lowest BCUT2D eigenvalue weighted by molar-refractivity contribution is -0.120. The zero-order chi connectivity index (χ0) is 22.7. The van der Waals surface area contributed by atoms with Crippen molar-refractivity contribution in [3.63, 3.8) is 0 Å². The SMILES string of the molecule is CC1=C(CC(=O)NCc2ccccn2)c2cc(F)ccc2/C1=C\c1ccc(S(C)=O)cc1. The zero-order valence-electron chi connectivity index (χ0n) is 17.9. The van der Waals surface area contributed by atoms with Crippen molar-refractivity contribution < 1.29 is 13.4 Å². The van der Waals surface area contributed by atoms with Gasteiger partial charge in [0, 0.05) is 28.1 Å². The first kappa shape index (κ1) is 21.8. The summed E-state index contributed by atoms with van der Waals surface area (Å²) in [4.78, 5) is 17.6. The Balaban J connectivity index is 1.62. The fourth-order valence-corrected chi connectivity index (χ4v) is 4.34. The number of halogens is 1. The molecule has 0 saturated carbocycles. The third-order valence-electron chi connectivity index (χ3n) is 5.51. The predicted molar refractivity (Wildman–Crippen MR) is 126 cm³/mol. The van der Waals surface area contributed by atoms with Crippen molar-refractivity contribution >= 4 is 33.9 Å². The highest BCUT2D eigenvalue weighted by Gasteiger charge is 2.25. The topological polar surface area (TPSA) is 59.1 Å². The number of hydrogen-bond acceptors (Lipinski definition) is 3. The van der Waals surface area contributed by atoms with E-state index in [1.54, 1.807) is 18.5 Å². The lowest BCUT2D eigenvalue weighted by Gasteiger charge is -2.08. The molecule has 0 aliphatic heterocycles. The van der Waals surface area contributed by atoms with Crippen molar-refractivity contribution in [3.05, 3.63) is 101 Å². The van der Waals surface area contributed by atoms with Gasteiger partial charge in [-0.3, -0.25) is 14.0 Å². The summed E-state index contributed by atoms with van der Waals surface area (Å²) in [5, 5.41) is 2.90. The number of aromatic nitrogens is 1. The summed E-state index contributed by atoms with van der Waals surface area (Å²) >= 11 is 0. The summed E-state index contributed by atoms with van der Waals surface area (Å²) in [6, 6.07) is 17.8. The van der Waals surface area contributed by atoms with Gasteiger partial charge in [0.15, 0.2) is 0 Å². The monoisotopic (exact) mass is 446 g/mol. The second kappa shape index (κ2) is 9.40. The maximum atomic E-state index is 14.1. The van der Waals surface area contributed by atoms with Crippen LogP contribution in [0.3, 0.4) is 0 Å². The first-order chi connectivity index (χ1) is 15.4. The summed E-state index contributed by atoms with van der Waals surface area (Å²) in [6.45, 7) is 2.30. The number of carbonyl (C=O) groups excluding carboxylic acids is 1. The van der Waals surface area contributed by atoms with Crippen LogP contribution in [0.4, 0.5) is 4.39 Å². The third-order valence-corrected chi connectivity index (χ3v) is 6.44. The lowest BCUT2D eigenvalue weighted by atomic mass is 10.0. The second-order valence-electron chi connectivity index (χ2n) is 7.65. The molecule has 1 aliphatic carbocycles. The summed E-state index contributed by atoms with van der Waals surface area (Å²) in [5.74, 6) is -0.477. The molecule has 1 amide bonds. The van der Waals surface area contributed by atoms with E-state index in [1.165, 1.54) is 12.1 Å². The Hall–Kier alpha value is -3.38. The Morgan fingerprint density at radius 2 is 1.88 bits per heavy atom. The first-order valence-electron chi connectivity index (χ1n) is 10.2. The van der Waals surface area contributed by atoms with Crippen LogP contribution in [0.25, 0.3) is 17.2 Å². The Labute approximate surface area is 189 Å². The van der Waals surface area contributed by atoms with Crippen LogP contribution in [0.2, 0.25) is 0 Å². The molecule has 1 unspecified atom stereocenters. The van der Waals surface area contributed by atoms with Gasteiger partial charge in [0.25, 0.3) is 0 Å². The molecule has 1 N–H and O–H groups in total. The summed E-state index contributed by atoms with van der Waals surface area (Å²) in [5.41, 5.74) is 6.09. The fraction of sp³-hybridized carbons (Fsp3) is 0.154. The quantitative estimate of drug-likeness (QED) is 0.580.